The van der Waals surface area contributed by atoms with E-state index in [1.165, 1.54) is 5.56 Å². The van der Waals surface area contributed by atoms with Gasteiger partial charge in [0.2, 0.25) is 5.91 Å². The number of anilines is 1. The summed E-state index contributed by atoms with van der Waals surface area (Å²) < 4.78 is 5.29. The van der Waals surface area contributed by atoms with Crippen LogP contribution in [-0.4, -0.2) is 18.5 Å². The van der Waals surface area contributed by atoms with E-state index in [4.69, 9.17) is 16.3 Å². The summed E-state index contributed by atoms with van der Waals surface area (Å²) in [6.07, 6.45) is 1.19. The number of benzene rings is 2. The van der Waals surface area contributed by atoms with Crippen molar-refractivity contribution in [3.63, 3.8) is 0 Å². The summed E-state index contributed by atoms with van der Waals surface area (Å²) in [6.45, 7) is 2.21. The zero-order valence-corrected chi connectivity index (χ0v) is 15.1. The lowest BCUT2D eigenvalue weighted by Gasteiger charge is -2.32. The topological polar surface area (TPSA) is 46.6 Å². The number of carbonyl (C=O) groups excluding carboxylic acids is 2. The summed E-state index contributed by atoms with van der Waals surface area (Å²) in [6, 6.07) is 15.1. The van der Waals surface area contributed by atoms with Crippen LogP contribution in [-0.2, 0) is 20.7 Å². The van der Waals surface area contributed by atoms with E-state index in [0.29, 0.717) is 22.0 Å². The average molecular weight is 368 g/mol. The van der Waals surface area contributed by atoms with Crippen molar-refractivity contribution in [2.75, 3.05) is 11.5 Å². The minimum Gasteiger partial charge on any atom is -0.456 e. The van der Waals surface area contributed by atoms with Gasteiger partial charge in [-0.05, 0) is 41.8 Å². The minimum atomic E-state index is -0.337. The lowest BCUT2D eigenvalue weighted by Crippen LogP contribution is -2.37. The Hall–Kier alpha value is -2.59. The van der Waals surface area contributed by atoms with E-state index in [9.17, 15) is 9.59 Å². The fourth-order valence-corrected chi connectivity index (χ4v) is 3.74. The van der Waals surface area contributed by atoms with E-state index >= 15 is 0 Å². The smallest absolute Gasteiger partial charge is 0.336 e. The van der Waals surface area contributed by atoms with Crippen molar-refractivity contribution >= 4 is 29.2 Å². The molecule has 2 aromatic carbocycles. The summed E-state index contributed by atoms with van der Waals surface area (Å²) in [5, 5.41) is 0.597. The molecule has 0 bridgehead atoms. The highest BCUT2D eigenvalue weighted by Gasteiger charge is 2.42. The van der Waals surface area contributed by atoms with Crippen LogP contribution in [0.15, 0.2) is 59.8 Å². The van der Waals surface area contributed by atoms with Crippen LogP contribution < -0.4 is 4.90 Å². The summed E-state index contributed by atoms with van der Waals surface area (Å²) >= 11 is 5.96. The van der Waals surface area contributed by atoms with Gasteiger partial charge in [-0.2, -0.15) is 0 Å². The third-order valence-electron chi connectivity index (χ3n) is 4.99. The summed E-state index contributed by atoms with van der Waals surface area (Å²) in [7, 11) is 0. The number of aryl methyl sites for hydroxylation is 1. The Morgan fingerprint density at radius 3 is 2.42 bits per heavy atom. The van der Waals surface area contributed by atoms with Gasteiger partial charge in [-0.1, -0.05) is 42.8 Å². The molecule has 4 rings (SSSR count). The van der Waals surface area contributed by atoms with Crippen LogP contribution in [0.25, 0.3) is 0 Å². The van der Waals surface area contributed by atoms with Crippen molar-refractivity contribution in [3.05, 3.63) is 76.0 Å². The Labute approximate surface area is 157 Å². The zero-order valence-electron chi connectivity index (χ0n) is 14.4. The zero-order chi connectivity index (χ0) is 18.3. The molecule has 0 aliphatic carbocycles. The third-order valence-corrected chi connectivity index (χ3v) is 5.24. The number of esters is 1. The molecule has 0 aromatic heterocycles. The van der Waals surface area contributed by atoms with Gasteiger partial charge in [0.1, 0.15) is 6.61 Å². The van der Waals surface area contributed by atoms with Gasteiger partial charge in [0, 0.05) is 23.0 Å². The molecule has 1 atom stereocenters. The molecule has 2 aliphatic heterocycles. The number of rotatable bonds is 3. The van der Waals surface area contributed by atoms with Crippen LogP contribution in [0, 0.1) is 0 Å². The second kappa shape index (κ2) is 6.61. The van der Waals surface area contributed by atoms with Crippen LogP contribution >= 0.6 is 11.6 Å². The van der Waals surface area contributed by atoms with E-state index in [2.05, 4.69) is 6.92 Å². The highest BCUT2D eigenvalue weighted by Crippen LogP contribution is 2.42. The molecule has 132 valence electrons. The average Bonchev–Trinajstić information content (AvgIpc) is 3.04. The first-order valence-corrected chi connectivity index (χ1v) is 9.03. The van der Waals surface area contributed by atoms with Crippen LogP contribution in [0.5, 0.6) is 0 Å². The molecule has 0 N–H and O–H groups in total. The Morgan fingerprint density at radius 2 is 1.77 bits per heavy atom. The molecule has 2 heterocycles. The third kappa shape index (κ3) is 2.80. The lowest BCUT2D eigenvalue weighted by molar-refractivity contribution is -0.136. The van der Waals surface area contributed by atoms with Crippen LogP contribution in [0.3, 0.4) is 0 Å². The van der Waals surface area contributed by atoms with Crippen LogP contribution in [0.2, 0.25) is 5.02 Å². The first-order chi connectivity index (χ1) is 12.6. The predicted octanol–water partition coefficient (Wildman–Crippen LogP) is 4.23. The Kier molecular flexibility index (Phi) is 4.29. The van der Waals surface area contributed by atoms with Crippen molar-refractivity contribution in [2.45, 2.75) is 25.7 Å². The van der Waals surface area contributed by atoms with Gasteiger partial charge in [-0.25, -0.2) is 4.79 Å². The number of ether oxygens (including phenoxy) is 1. The largest absolute Gasteiger partial charge is 0.456 e. The standard InChI is InChI=1S/C21H18ClNO3/c1-2-13-3-5-14(6-4-13)17-11-19(24)23(16-9-7-15(22)8-10-16)18-12-26-21(25)20(17)18/h3-10,17H,2,11-12H2,1H3. The fraction of sp³-hybridized carbons (Fsp3) is 0.238. The van der Waals surface area contributed by atoms with Gasteiger partial charge in [0.15, 0.2) is 0 Å². The van der Waals surface area contributed by atoms with Gasteiger partial charge in [0.05, 0.1) is 11.3 Å². The molecule has 4 nitrogen and oxygen atoms in total. The van der Waals surface area contributed by atoms with E-state index in [1.54, 1.807) is 29.2 Å². The van der Waals surface area contributed by atoms with E-state index in [0.717, 1.165) is 12.0 Å². The minimum absolute atomic E-state index is 0.0473. The van der Waals surface area contributed by atoms with Gasteiger partial charge >= 0.3 is 5.97 Å². The Bertz CT molecular complexity index is 900. The van der Waals surface area contributed by atoms with Gasteiger partial charge in [-0.3, -0.25) is 9.69 Å². The summed E-state index contributed by atoms with van der Waals surface area (Å²) in [5.74, 6) is -0.646. The number of hydrogen-bond acceptors (Lipinski definition) is 3. The maximum absolute atomic E-state index is 12.9. The van der Waals surface area contributed by atoms with Crippen LogP contribution in [0.4, 0.5) is 5.69 Å². The normalized spacial score (nSPS) is 19.6. The first kappa shape index (κ1) is 16.9. The molecule has 1 unspecified atom stereocenters. The predicted molar refractivity (Wildman–Crippen MR) is 100 cm³/mol. The second-order valence-electron chi connectivity index (χ2n) is 6.49. The number of nitrogens with zero attached hydrogens (tertiary/aromatic N) is 1. The maximum atomic E-state index is 12.9. The molecule has 2 aromatic rings. The first-order valence-electron chi connectivity index (χ1n) is 8.66. The number of cyclic esters (lactones) is 1. The highest BCUT2D eigenvalue weighted by molar-refractivity contribution is 6.30. The maximum Gasteiger partial charge on any atom is 0.336 e. The summed E-state index contributed by atoms with van der Waals surface area (Å²) in [5.41, 5.74) is 4.12. The molecule has 5 heteroatoms. The quantitative estimate of drug-likeness (QED) is 0.762. The van der Waals surface area contributed by atoms with Crippen molar-refractivity contribution in [1.29, 1.82) is 0 Å². The van der Waals surface area contributed by atoms with Gasteiger partial charge in [-0.15, -0.1) is 0 Å². The Balaban J connectivity index is 1.78. The van der Waals surface area contributed by atoms with Crippen molar-refractivity contribution in [1.82, 2.24) is 0 Å². The molecule has 0 saturated carbocycles. The molecule has 0 fully saturated rings. The molecule has 26 heavy (non-hydrogen) atoms. The number of amides is 1. The second-order valence-corrected chi connectivity index (χ2v) is 6.93. The van der Waals surface area contributed by atoms with Gasteiger partial charge < -0.3 is 4.74 Å². The van der Waals surface area contributed by atoms with E-state index < -0.39 is 0 Å². The Morgan fingerprint density at radius 1 is 1.08 bits per heavy atom. The number of halogens is 1. The van der Waals surface area contributed by atoms with Crippen molar-refractivity contribution in [3.8, 4) is 0 Å². The monoisotopic (exact) mass is 367 g/mol. The fourth-order valence-electron chi connectivity index (χ4n) is 3.61. The van der Waals surface area contributed by atoms with Crippen molar-refractivity contribution in [2.24, 2.45) is 0 Å². The molecule has 0 saturated heterocycles. The molecular weight excluding hydrogens is 350 g/mol. The molecule has 1 amide bonds. The molecule has 0 spiro atoms. The van der Waals surface area contributed by atoms with Gasteiger partial charge in [0.25, 0.3) is 0 Å². The van der Waals surface area contributed by atoms with E-state index in [-0.39, 0.29) is 30.8 Å². The lowest BCUT2D eigenvalue weighted by atomic mass is 9.84. The van der Waals surface area contributed by atoms with Crippen molar-refractivity contribution < 1.29 is 14.3 Å². The molecule has 0 radical (unpaired) electrons. The number of carbonyl (C=O) groups is 2. The molecular formula is C21H18ClNO3. The van der Waals surface area contributed by atoms with Crippen LogP contribution in [0.1, 0.15) is 30.4 Å². The SMILES string of the molecule is CCc1ccc(C2CC(=O)N(c3ccc(Cl)cc3)C3=C2C(=O)OC3)cc1. The highest BCUT2D eigenvalue weighted by atomic mass is 35.5. The number of hydrogen-bond donors (Lipinski definition) is 0. The molecule has 2 aliphatic rings. The van der Waals surface area contributed by atoms with E-state index in [1.807, 2.05) is 24.3 Å². The summed E-state index contributed by atoms with van der Waals surface area (Å²) in [4.78, 5) is 26.9.